The maximum Gasteiger partial charge on any atom is 0.355 e. The Labute approximate surface area is 128 Å². The predicted molar refractivity (Wildman–Crippen MR) is 80.5 cm³/mol. The number of rotatable bonds is 4. The molecular weight excluding hydrogens is 280 g/mol. The Morgan fingerprint density at radius 3 is 2.55 bits per heavy atom. The number of nitrogens with one attached hydrogen (secondary N) is 1. The zero-order chi connectivity index (χ0) is 16.3. The second-order valence-corrected chi connectivity index (χ2v) is 5.03. The number of aryl methyl sites for hydroxylation is 1. The number of aromatic nitrogens is 1. The molecule has 0 bridgehead atoms. The van der Waals surface area contributed by atoms with Crippen LogP contribution < -0.4 is 0 Å². The van der Waals surface area contributed by atoms with Gasteiger partial charge in [0.05, 0.1) is 11.6 Å². The molecule has 0 amide bonds. The first-order valence-electron chi connectivity index (χ1n) is 6.81. The topological polar surface area (TPSA) is 82.9 Å². The maximum absolute atomic E-state index is 12.2. The Morgan fingerprint density at radius 1 is 1.27 bits per heavy atom. The molecule has 0 aliphatic carbocycles. The van der Waals surface area contributed by atoms with Crippen LogP contribution in [0.15, 0.2) is 24.3 Å². The Balaban J connectivity index is 2.19. The SMILES string of the molecule is CC(=O)c1c(C)[nH]c(C(=O)OCc2ccccc2C#N)c1C. The molecule has 0 saturated heterocycles. The maximum atomic E-state index is 12.2. The largest absolute Gasteiger partial charge is 0.456 e. The number of aromatic amines is 1. The van der Waals surface area contributed by atoms with Crippen LogP contribution in [0.2, 0.25) is 0 Å². The molecule has 0 aliphatic heterocycles. The van der Waals surface area contributed by atoms with Crippen molar-refractivity contribution in [2.45, 2.75) is 27.4 Å². The lowest BCUT2D eigenvalue weighted by Crippen LogP contribution is -2.08. The molecule has 0 radical (unpaired) electrons. The standard InChI is InChI=1S/C17H16N2O3/c1-10-15(12(3)20)11(2)19-16(10)17(21)22-9-14-7-5-4-6-13(14)8-18/h4-7,19H,9H2,1-3H3. The molecule has 22 heavy (non-hydrogen) atoms. The number of carbonyl (C=O) groups excluding carboxylic acids is 2. The number of esters is 1. The normalized spacial score (nSPS) is 10.1. The van der Waals surface area contributed by atoms with Crippen LogP contribution in [0.3, 0.4) is 0 Å². The molecule has 0 saturated carbocycles. The molecule has 0 unspecified atom stereocenters. The summed E-state index contributed by atoms with van der Waals surface area (Å²) in [5, 5.41) is 9.01. The highest BCUT2D eigenvalue weighted by molar-refractivity contribution is 6.01. The Kier molecular flexibility index (Phi) is 4.42. The van der Waals surface area contributed by atoms with E-state index in [1.54, 1.807) is 38.1 Å². The summed E-state index contributed by atoms with van der Waals surface area (Å²) >= 11 is 0. The average Bonchev–Trinajstić information content (AvgIpc) is 2.80. The van der Waals surface area contributed by atoms with Crippen LogP contribution in [-0.2, 0) is 11.3 Å². The molecule has 5 heteroatoms. The van der Waals surface area contributed by atoms with Crippen molar-refractivity contribution >= 4 is 11.8 Å². The number of ether oxygens (including phenoxy) is 1. The van der Waals surface area contributed by atoms with Crippen LogP contribution in [0.4, 0.5) is 0 Å². The van der Waals surface area contributed by atoms with Crippen molar-refractivity contribution in [3.63, 3.8) is 0 Å². The quantitative estimate of drug-likeness (QED) is 0.694. The van der Waals surface area contributed by atoms with E-state index >= 15 is 0 Å². The number of nitrogens with zero attached hydrogens (tertiary/aromatic N) is 1. The Hall–Kier alpha value is -2.87. The summed E-state index contributed by atoms with van der Waals surface area (Å²) in [5.74, 6) is -0.638. The van der Waals surface area contributed by atoms with Gasteiger partial charge in [-0.3, -0.25) is 4.79 Å². The highest BCUT2D eigenvalue weighted by Crippen LogP contribution is 2.20. The van der Waals surface area contributed by atoms with Crippen molar-refractivity contribution < 1.29 is 14.3 Å². The molecule has 112 valence electrons. The molecule has 5 nitrogen and oxygen atoms in total. The minimum absolute atomic E-state index is 0.00940. The highest BCUT2D eigenvalue weighted by Gasteiger charge is 2.21. The lowest BCUT2D eigenvalue weighted by Gasteiger charge is -2.06. The molecule has 0 atom stereocenters. The van der Waals surface area contributed by atoms with Gasteiger partial charge in [-0.05, 0) is 32.4 Å². The fourth-order valence-corrected chi connectivity index (χ4v) is 2.45. The Bertz CT molecular complexity index is 782. The minimum atomic E-state index is -0.541. The van der Waals surface area contributed by atoms with Gasteiger partial charge >= 0.3 is 5.97 Å². The summed E-state index contributed by atoms with van der Waals surface area (Å²) < 4.78 is 5.25. The van der Waals surface area contributed by atoms with Crippen LogP contribution in [0.25, 0.3) is 0 Å². The number of Topliss-reactive ketones (excluding diaryl/α,β-unsaturated/α-hetero) is 1. The van der Waals surface area contributed by atoms with Gasteiger partial charge in [0.2, 0.25) is 0 Å². The molecular formula is C17H16N2O3. The summed E-state index contributed by atoms with van der Waals surface area (Å²) in [7, 11) is 0. The van der Waals surface area contributed by atoms with Crippen LogP contribution >= 0.6 is 0 Å². The van der Waals surface area contributed by atoms with Gasteiger partial charge < -0.3 is 9.72 Å². The third-order valence-electron chi connectivity index (χ3n) is 3.49. The first kappa shape index (κ1) is 15.5. The van der Waals surface area contributed by atoms with E-state index in [2.05, 4.69) is 11.1 Å². The number of benzene rings is 1. The van der Waals surface area contributed by atoms with Gasteiger partial charge in [-0.1, -0.05) is 18.2 Å². The fraction of sp³-hybridized carbons (Fsp3) is 0.235. The number of hydrogen-bond acceptors (Lipinski definition) is 4. The zero-order valence-corrected chi connectivity index (χ0v) is 12.7. The zero-order valence-electron chi connectivity index (χ0n) is 12.7. The lowest BCUT2D eigenvalue weighted by atomic mass is 10.1. The van der Waals surface area contributed by atoms with E-state index in [1.165, 1.54) is 6.92 Å². The molecule has 2 rings (SSSR count). The number of H-pyrrole nitrogens is 1. The van der Waals surface area contributed by atoms with Gasteiger partial charge in [0, 0.05) is 16.8 Å². The van der Waals surface area contributed by atoms with Crippen molar-refractivity contribution in [1.82, 2.24) is 4.98 Å². The summed E-state index contributed by atoms with van der Waals surface area (Å²) in [6, 6.07) is 8.99. The molecule has 0 aliphatic rings. The summed E-state index contributed by atoms with van der Waals surface area (Å²) in [5.41, 5.74) is 3.14. The molecule has 0 fully saturated rings. The number of carbonyl (C=O) groups is 2. The Morgan fingerprint density at radius 2 is 1.95 bits per heavy atom. The van der Waals surface area contributed by atoms with Crippen molar-refractivity contribution in [3.8, 4) is 6.07 Å². The first-order chi connectivity index (χ1) is 10.5. The second kappa shape index (κ2) is 6.27. The van der Waals surface area contributed by atoms with E-state index in [9.17, 15) is 9.59 Å². The first-order valence-corrected chi connectivity index (χ1v) is 6.81. The predicted octanol–water partition coefficient (Wildman–Crippen LogP) is 3.06. The summed E-state index contributed by atoms with van der Waals surface area (Å²) in [6.45, 7) is 4.92. The highest BCUT2D eigenvalue weighted by atomic mass is 16.5. The monoisotopic (exact) mass is 296 g/mol. The molecule has 2 aromatic rings. The smallest absolute Gasteiger partial charge is 0.355 e. The van der Waals surface area contributed by atoms with Crippen LogP contribution in [0.5, 0.6) is 0 Å². The molecule has 1 aromatic carbocycles. The molecule has 1 aromatic heterocycles. The van der Waals surface area contributed by atoms with Crippen LogP contribution in [0.1, 0.15) is 50.2 Å². The van der Waals surface area contributed by atoms with E-state index in [-0.39, 0.29) is 18.1 Å². The number of hydrogen-bond donors (Lipinski definition) is 1. The molecule has 1 N–H and O–H groups in total. The van der Waals surface area contributed by atoms with Gasteiger partial charge in [-0.15, -0.1) is 0 Å². The van der Waals surface area contributed by atoms with Crippen molar-refractivity contribution in [2.24, 2.45) is 0 Å². The van der Waals surface area contributed by atoms with Crippen molar-refractivity contribution in [3.05, 3.63) is 57.9 Å². The molecule has 1 heterocycles. The lowest BCUT2D eigenvalue weighted by molar-refractivity contribution is 0.0465. The third-order valence-corrected chi connectivity index (χ3v) is 3.49. The van der Waals surface area contributed by atoms with E-state index in [4.69, 9.17) is 10.00 Å². The van der Waals surface area contributed by atoms with Crippen LogP contribution in [-0.4, -0.2) is 16.7 Å². The minimum Gasteiger partial charge on any atom is -0.456 e. The number of nitriles is 1. The van der Waals surface area contributed by atoms with Crippen molar-refractivity contribution in [2.75, 3.05) is 0 Å². The number of ketones is 1. The fourth-order valence-electron chi connectivity index (χ4n) is 2.45. The van der Waals surface area contributed by atoms with E-state index in [1.807, 2.05) is 0 Å². The van der Waals surface area contributed by atoms with E-state index in [0.29, 0.717) is 27.9 Å². The molecule has 0 spiro atoms. The van der Waals surface area contributed by atoms with Gasteiger partial charge in [0.25, 0.3) is 0 Å². The van der Waals surface area contributed by atoms with Gasteiger partial charge in [0.1, 0.15) is 12.3 Å². The summed E-state index contributed by atoms with van der Waals surface area (Å²) in [6.07, 6.45) is 0. The van der Waals surface area contributed by atoms with Gasteiger partial charge in [-0.2, -0.15) is 5.26 Å². The van der Waals surface area contributed by atoms with Gasteiger partial charge in [-0.25, -0.2) is 4.79 Å². The van der Waals surface area contributed by atoms with E-state index in [0.717, 1.165) is 0 Å². The van der Waals surface area contributed by atoms with Gasteiger partial charge in [0.15, 0.2) is 5.78 Å². The van der Waals surface area contributed by atoms with Crippen molar-refractivity contribution in [1.29, 1.82) is 5.26 Å². The van der Waals surface area contributed by atoms with E-state index < -0.39 is 5.97 Å². The van der Waals surface area contributed by atoms with Crippen LogP contribution in [0, 0.1) is 25.2 Å². The summed E-state index contributed by atoms with van der Waals surface area (Å²) in [4.78, 5) is 26.7. The second-order valence-electron chi connectivity index (χ2n) is 5.03. The third kappa shape index (κ3) is 2.91. The average molecular weight is 296 g/mol.